The first-order chi connectivity index (χ1) is 9.38. The molecule has 1 heterocycles. The van der Waals surface area contributed by atoms with Gasteiger partial charge in [-0.1, -0.05) is 13.8 Å². The van der Waals surface area contributed by atoms with E-state index in [1.165, 1.54) is 4.31 Å². The molecule has 0 radical (unpaired) electrons. The largest absolute Gasteiger partial charge is 0.349 e. The van der Waals surface area contributed by atoms with Crippen LogP contribution < -0.4 is 5.32 Å². The Balaban J connectivity index is 3.09. The van der Waals surface area contributed by atoms with E-state index in [0.717, 1.165) is 25.2 Å². The summed E-state index contributed by atoms with van der Waals surface area (Å²) in [5.74, 6) is 0. The Labute approximate surface area is 123 Å². The van der Waals surface area contributed by atoms with Gasteiger partial charge in [-0.3, -0.25) is 0 Å². The molecule has 1 rings (SSSR count). The molecule has 1 unspecified atom stereocenters. The molecule has 20 heavy (non-hydrogen) atoms. The molecule has 116 valence electrons. The lowest BCUT2D eigenvalue weighted by Crippen LogP contribution is -2.34. The molecule has 0 saturated heterocycles. The van der Waals surface area contributed by atoms with Gasteiger partial charge in [0.25, 0.3) is 0 Å². The first-order valence-electron chi connectivity index (χ1n) is 7.26. The Morgan fingerprint density at radius 2 is 2.00 bits per heavy atom. The molecule has 6 heteroatoms. The number of sulfonamides is 1. The van der Waals surface area contributed by atoms with E-state index < -0.39 is 10.0 Å². The van der Waals surface area contributed by atoms with E-state index in [1.807, 2.05) is 32.3 Å². The number of aromatic nitrogens is 1. The van der Waals surface area contributed by atoms with Gasteiger partial charge in [0.1, 0.15) is 4.90 Å². The van der Waals surface area contributed by atoms with Crippen LogP contribution in [-0.4, -0.2) is 36.9 Å². The molecule has 0 aliphatic heterocycles. The third-order valence-electron chi connectivity index (χ3n) is 3.75. The van der Waals surface area contributed by atoms with Crippen molar-refractivity contribution in [1.29, 1.82) is 0 Å². The highest BCUT2D eigenvalue weighted by atomic mass is 32.2. The summed E-state index contributed by atoms with van der Waals surface area (Å²) in [6.07, 6.45) is 2.54. The Morgan fingerprint density at radius 1 is 1.35 bits per heavy atom. The number of hydrogen-bond donors (Lipinski definition) is 1. The molecular weight excluding hydrogens is 274 g/mol. The summed E-state index contributed by atoms with van der Waals surface area (Å²) in [6, 6.07) is 1.78. The number of hydrogen-bond acceptors (Lipinski definition) is 3. The second-order valence-electron chi connectivity index (χ2n) is 5.01. The molecule has 1 N–H and O–H groups in total. The summed E-state index contributed by atoms with van der Waals surface area (Å²) in [5.41, 5.74) is 1.01. The topological polar surface area (TPSA) is 54.3 Å². The van der Waals surface area contributed by atoms with Gasteiger partial charge >= 0.3 is 0 Å². The molecule has 0 fully saturated rings. The van der Waals surface area contributed by atoms with Crippen molar-refractivity contribution >= 4 is 10.0 Å². The average molecular weight is 301 g/mol. The number of nitrogens with zero attached hydrogens (tertiary/aromatic N) is 2. The predicted octanol–water partition coefficient (Wildman–Crippen LogP) is 2.04. The van der Waals surface area contributed by atoms with E-state index in [0.29, 0.717) is 11.4 Å². The fourth-order valence-corrected chi connectivity index (χ4v) is 3.52. The van der Waals surface area contributed by atoms with Crippen LogP contribution in [0.2, 0.25) is 0 Å². The van der Waals surface area contributed by atoms with Crippen molar-refractivity contribution in [3.05, 3.63) is 18.0 Å². The van der Waals surface area contributed by atoms with Crippen molar-refractivity contribution in [2.24, 2.45) is 0 Å². The summed E-state index contributed by atoms with van der Waals surface area (Å²) < 4.78 is 28.6. The van der Waals surface area contributed by atoms with Gasteiger partial charge in [-0.05, 0) is 32.9 Å². The normalized spacial score (nSPS) is 13.9. The molecule has 0 aliphatic rings. The van der Waals surface area contributed by atoms with E-state index in [1.54, 1.807) is 19.3 Å². The molecule has 0 spiro atoms. The van der Waals surface area contributed by atoms with E-state index in [9.17, 15) is 8.42 Å². The molecular formula is C14H27N3O2S. The van der Waals surface area contributed by atoms with Gasteiger partial charge in [0, 0.05) is 38.1 Å². The predicted molar refractivity (Wildman–Crippen MR) is 82.2 cm³/mol. The SMILES string of the molecule is CCNCc1cc(S(=O)(=O)N(C)C(C)CC)cn1CC. The summed E-state index contributed by atoms with van der Waals surface area (Å²) in [4.78, 5) is 0.384. The molecule has 0 aromatic carbocycles. The fourth-order valence-electron chi connectivity index (χ4n) is 2.02. The zero-order valence-corrected chi connectivity index (χ0v) is 14.0. The molecule has 1 aromatic rings. The third kappa shape index (κ3) is 3.62. The van der Waals surface area contributed by atoms with Gasteiger partial charge in [-0.15, -0.1) is 0 Å². The van der Waals surface area contributed by atoms with Gasteiger partial charge < -0.3 is 9.88 Å². The zero-order valence-electron chi connectivity index (χ0n) is 13.2. The second-order valence-corrected chi connectivity index (χ2v) is 7.01. The second kappa shape index (κ2) is 7.24. The summed E-state index contributed by atoms with van der Waals surface area (Å²) in [7, 11) is -1.75. The first-order valence-corrected chi connectivity index (χ1v) is 8.70. The van der Waals surface area contributed by atoms with Gasteiger partial charge in [-0.25, -0.2) is 8.42 Å². The Morgan fingerprint density at radius 3 is 2.50 bits per heavy atom. The van der Waals surface area contributed by atoms with Crippen molar-refractivity contribution in [3.63, 3.8) is 0 Å². The van der Waals surface area contributed by atoms with Crippen molar-refractivity contribution in [3.8, 4) is 0 Å². The van der Waals surface area contributed by atoms with Gasteiger partial charge in [-0.2, -0.15) is 4.31 Å². The summed E-state index contributed by atoms with van der Waals surface area (Å²) in [6.45, 7) is 10.3. The lowest BCUT2D eigenvalue weighted by molar-refractivity contribution is 0.380. The molecule has 1 atom stereocenters. The molecule has 5 nitrogen and oxygen atoms in total. The van der Waals surface area contributed by atoms with Gasteiger partial charge in [0.2, 0.25) is 10.0 Å². The van der Waals surface area contributed by atoms with Crippen LogP contribution >= 0.6 is 0 Å². The van der Waals surface area contributed by atoms with Crippen LogP contribution in [0.5, 0.6) is 0 Å². The maximum atomic E-state index is 12.6. The Bertz CT molecular complexity index is 523. The lowest BCUT2D eigenvalue weighted by atomic mass is 10.3. The minimum Gasteiger partial charge on any atom is -0.349 e. The molecule has 0 amide bonds. The van der Waals surface area contributed by atoms with Crippen LogP contribution in [0.15, 0.2) is 17.2 Å². The van der Waals surface area contributed by atoms with Crippen LogP contribution in [-0.2, 0) is 23.1 Å². The van der Waals surface area contributed by atoms with E-state index >= 15 is 0 Å². The average Bonchev–Trinajstić information content (AvgIpc) is 2.87. The lowest BCUT2D eigenvalue weighted by Gasteiger charge is -2.22. The highest BCUT2D eigenvalue weighted by Gasteiger charge is 2.26. The van der Waals surface area contributed by atoms with Crippen molar-refractivity contribution in [2.75, 3.05) is 13.6 Å². The zero-order chi connectivity index (χ0) is 15.3. The molecule has 0 saturated carbocycles. The van der Waals surface area contributed by atoms with Gasteiger partial charge in [0.15, 0.2) is 0 Å². The van der Waals surface area contributed by atoms with E-state index in [-0.39, 0.29) is 6.04 Å². The van der Waals surface area contributed by atoms with Crippen molar-refractivity contribution < 1.29 is 8.42 Å². The molecule has 1 aromatic heterocycles. The smallest absolute Gasteiger partial charge is 0.244 e. The molecule has 0 bridgehead atoms. The highest BCUT2D eigenvalue weighted by molar-refractivity contribution is 7.89. The third-order valence-corrected chi connectivity index (χ3v) is 5.68. The van der Waals surface area contributed by atoms with Crippen molar-refractivity contribution in [1.82, 2.24) is 14.2 Å². The minimum atomic E-state index is -3.40. The van der Waals surface area contributed by atoms with Crippen LogP contribution in [0.1, 0.15) is 39.8 Å². The fraction of sp³-hybridized carbons (Fsp3) is 0.714. The van der Waals surface area contributed by atoms with E-state index in [2.05, 4.69) is 5.32 Å². The maximum Gasteiger partial charge on any atom is 0.244 e. The van der Waals surface area contributed by atoms with Crippen molar-refractivity contribution in [2.45, 2.75) is 58.1 Å². The number of nitrogens with one attached hydrogen (secondary N) is 1. The van der Waals surface area contributed by atoms with Crippen LogP contribution in [0.3, 0.4) is 0 Å². The number of rotatable bonds is 8. The highest BCUT2D eigenvalue weighted by Crippen LogP contribution is 2.20. The quantitative estimate of drug-likeness (QED) is 0.799. The number of aryl methyl sites for hydroxylation is 1. The van der Waals surface area contributed by atoms with Crippen LogP contribution in [0, 0.1) is 0 Å². The summed E-state index contributed by atoms with van der Waals surface area (Å²) in [5, 5.41) is 3.24. The van der Waals surface area contributed by atoms with Gasteiger partial charge in [0.05, 0.1) is 0 Å². The Kier molecular flexibility index (Phi) is 6.23. The Hall–Kier alpha value is -0.850. The first kappa shape index (κ1) is 17.2. The summed E-state index contributed by atoms with van der Waals surface area (Å²) >= 11 is 0. The monoisotopic (exact) mass is 301 g/mol. The van der Waals surface area contributed by atoms with Crippen LogP contribution in [0.4, 0.5) is 0 Å². The van der Waals surface area contributed by atoms with Crippen LogP contribution in [0.25, 0.3) is 0 Å². The standard InChI is InChI=1S/C14H27N3O2S/c1-6-12(4)16(5)20(18,19)14-9-13(10-15-7-2)17(8-3)11-14/h9,11-12,15H,6-8,10H2,1-5H3. The minimum absolute atomic E-state index is 0.00203. The van der Waals surface area contributed by atoms with E-state index in [4.69, 9.17) is 0 Å². The molecule has 0 aliphatic carbocycles. The maximum absolute atomic E-state index is 12.6.